The molecule has 2 heterocycles. The molecule has 20 heavy (non-hydrogen) atoms. The zero-order chi connectivity index (χ0) is 14.4. The highest BCUT2D eigenvalue weighted by Crippen LogP contribution is 2.15. The summed E-state index contributed by atoms with van der Waals surface area (Å²) in [6.45, 7) is 4.55. The third-order valence-electron chi connectivity index (χ3n) is 3.48. The average molecular weight is 279 g/mol. The van der Waals surface area contributed by atoms with Gasteiger partial charge in [0.05, 0.1) is 6.61 Å². The van der Waals surface area contributed by atoms with E-state index in [-0.39, 0.29) is 12.4 Å². The fraction of sp³-hybridized carbons (Fsp3) is 0.538. The predicted molar refractivity (Wildman–Crippen MR) is 77.1 cm³/mol. The number of nitrogens with zero attached hydrogens (tertiary/aromatic N) is 4. The Morgan fingerprint density at radius 3 is 2.95 bits per heavy atom. The molecular formula is C13H21N5O2. The molecule has 1 aromatic rings. The van der Waals surface area contributed by atoms with Crippen LogP contribution in [0.4, 0.5) is 5.82 Å². The summed E-state index contributed by atoms with van der Waals surface area (Å²) in [7, 11) is 0. The summed E-state index contributed by atoms with van der Waals surface area (Å²) in [5, 5.41) is 20.7. The van der Waals surface area contributed by atoms with Crippen molar-refractivity contribution in [3.8, 4) is 0 Å². The van der Waals surface area contributed by atoms with E-state index in [0.29, 0.717) is 12.1 Å². The Kier molecular flexibility index (Phi) is 5.14. The maximum Gasteiger partial charge on any atom is 0.170 e. The largest absolute Gasteiger partial charge is 0.409 e. The van der Waals surface area contributed by atoms with E-state index in [1.54, 1.807) is 12.3 Å². The van der Waals surface area contributed by atoms with E-state index >= 15 is 0 Å². The van der Waals surface area contributed by atoms with Gasteiger partial charge in [-0.15, -0.1) is 0 Å². The van der Waals surface area contributed by atoms with Crippen LogP contribution in [0.25, 0.3) is 0 Å². The van der Waals surface area contributed by atoms with Crippen molar-refractivity contribution in [3.05, 3.63) is 23.9 Å². The third kappa shape index (κ3) is 3.58. The van der Waals surface area contributed by atoms with Crippen LogP contribution in [0.1, 0.15) is 12.0 Å². The monoisotopic (exact) mass is 279 g/mol. The van der Waals surface area contributed by atoms with Crippen molar-refractivity contribution in [2.24, 2.45) is 10.9 Å². The van der Waals surface area contributed by atoms with Gasteiger partial charge in [0.15, 0.2) is 5.84 Å². The third-order valence-corrected chi connectivity index (χ3v) is 3.48. The number of anilines is 1. The summed E-state index contributed by atoms with van der Waals surface area (Å²) in [5.41, 5.74) is 6.26. The summed E-state index contributed by atoms with van der Waals surface area (Å²) in [6.07, 6.45) is 2.69. The van der Waals surface area contributed by atoms with E-state index in [4.69, 9.17) is 16.0 Å². The smallest absolute Gasteiger partial charge is 0.170 e. The number of nitrogens with two attached hydrogens (primary N) is 1. The van der Waals surface area contributed by atoms with E-state index < -0.39 is 0 Å². The number of rotatable bonds is 4. The average Bonchev–Trinajstić information content (AvgIpc) is 2.73. The molecule has 1 fully saturated rings. The van der Waals surface area contributed by atoms with Crippen LogP contribution in [-0.2, 0) is 0 Å². The molecule has 0 bridgehead atoms. The second kappa shape index (κ2) is 7.06. The minimum Gasteiger partial charge on any atom is -0.409 e. The minimum absolute atomic E-state index is 0.0883. The summed E-state index contributed by atoms with van der Waals surface area (Å²) in [6, 6.07) is 3.55. The van der Waals surface area contributed by atoms with Gasteiger partial charge in [-0.2, -0.15) is 0 Å². The zero-order valence-electron chi connectivity index (χ0n) is 11.4. The molecule has 110 valence electrons. The van der Waals surface area contributed by atoms with Crippen molar-refractivity contribution in [3.63, 3.8) is 0 Å². The van der Waals surface area contributed by atoms with Crippen LogP contribution in [0.5, 0.6) is 0 Å². The first-order chi connectivity index (χ1) is 9.74. The Balaban J connectivity index is 2.08. The molecule has 4 N–H and O–H groups in total. The van der Waals surface area contributed by atoms with Gasteiger partial charge in [0.25, 0.3) is 0 Å². The molecule has 0 aliphatic carbocycles. The number of oxime groups is 1. The fourth-order valence-corrected chi connectivity index (χ4v) is 2.37. The second-order valence-corrected chi connectivity index (χ2v) is 4.79. The molecule has 0 radical (unpaired) electrons. The maximum absolute atomic E-state index is 9.00. The topological polar surface area (TPSA) is 98.2 Å². The van der Waals surface area contributed by atoms with Crippen LogP contribution in [0.2, 0.25) is 0 Å². The first kappa shape index (κ1) is 14.5. The van der Waals surface area contributed by atoms with Crippen molar-refractivity contribution in [1.82, 2.24) is 9.88 Å². The number of hydrogen-bond donors (Lipinski definition) is 3. The predicted octanol–water partition coefficient (Wildman–Crippen LogP) is -0.320. The lowest BCUT2D eigenvalue weighted by Crippen LogP contribution is -2.32. The van der Waals surface area contributed by atoms with E-state index in [2.05, 4.69) is 19.9 Å². The zero-order valence-corrected chi connectivity index (χ0v) is 11.4. The fourth-order valence-electron chi connectivity index (χ4n) is 2.37. The minimum atomic E-state index is 0.0883. The van der Waals surface area contributed by atoms with Gasteiger partial charge in [-0.1, -0.05) is 5.16 Å². The Hall–Kier alpha value is -1.86. The molecule has 0 atom stereocenters. The van der Waals surface area contributed by atoms with Crippen LogP contribution >= 0.6 is 0 Å². The second-order valence-electron chi connectivity index (χ2n) is 4.79. The van der Waals surface area contributed by atoms with Crippen molar-refractivity contribution >= 4 is 11.7 Å². The van der Waals surface area contributed by atoms with E-state index in [9.17, 15) is 0 Å². The lowest BCUT2D eigenvalue weighted by Gasteiger charge is -2.22. The van der Waals surface area contributed by atoms with Crippen LogP contribution in [0.15, 0.2) is 23.5 Å². The van der Waals surface area contributed by atoms with Crippen LogP contribution < -0.4 is 10.6 Å². The molecule has 1 saturated heterocycles. The van der Waals surface area contributed by atoms with Gasteiger partial charge in [-0.05, 0) is 25.1 Å². The number of aliphatic hydroxyl groups excluding tert-OH is 1. The molecule has 0 spiro atoms. The van der Waals surface area contributed by atoms with Gasteiger partial charge >= 0.3 is 0 Å². The Morgan fingerprint density at radius 1 is 1.35 bits per heavy atom. The molecule has 1 aliphatic heterocycles. The Bertz CT molecular complexity index is 466. The number of aromatic nitrogens is 1. The number of aliphatic hydroxyl groups is 1. The molecule has 0 unspecified atom stereocenters. The molecular weight excluding hydrogens is 258 g/mol. The highest BCUT2D eigenvalue weighted by molar-refractivity contribution is 5.97. The van der Waals surface area contributed by atoms with Gasteiger partial charge in [-0.3, -0.25) is 4.90 Å². The number of hydrogen-bond acceptors (Lipinski definition) is 6. The highest BCUT2D eigenvalue weighted by Gasteiger charge is 2.16. The van der Waals surface area contributed by atoms with Crippen molar-refractivity contribution in [2.75, 3.05) is 44.2 Å². The van der Waals surface area contributed by atoms with E-state index in [0.717, 1.165) is 38.4 Å². The number of amidine groups is 1. The summed E-state index contributed by atoms with van der Waals surface area (Å²) >= 11 is 0. The standard InChI is InChI=1S/C13H21N5O2/c14-13(16-20)11-2-3-15-12(10-11)18-5-1-4-17(6-7-18)8-9-19/h2-3,10,19-20H,1,4-9H2,(H2,14,16). The Morgan fingerprint density at radius 2 is 2.20 bits per heavy atom. The molecule has 7 heteroatoms. The lowest BCUT2D eigenvalue weighted by molar-refractivity contribution is 0.204. The van der Waals surface area contributed by atoms with Gasteiger partial charge in [-0.25, -0.2) is 4.98 Å². The van der Waals surface area contributed by atoms with Crippen molar-refractivity contribution in [1.29, 1.82) is 0 Å². The lowest BCUT2D eigenvalue weighted by atomic mass is 10.2. The maximum atomic E-state index is 9.00. The van der Waals surface area contributed by atoms with Crippen LogP contribution in [-0.4, -0.2) is 65.4 Å². The van der Waals surface area contributed by atoms with Crippen molar-refractivity contribution < 1.29 is 10.3 Å². The van der Waals surface area contributed by atoms with Crippen LogP contribution in [0.3, 0.4) is 0 Å². The Labute approximate surface area is 118 Å². The summed E-state index contributed by atoms with van der Waals surface area (Å²) in [4.78, 5) is 8.79. The van der Waals surface area contributed by atoms with Gasteiger partial charge in [0, 0.05) is 37.9 Å². The first-order valence-electron chi connectivity index (χ1n) is 6.76. The molecule has 1 aromatic heterocycles. The van der Waals surface area contributed by atoms with Crippen LogP contribution in [0, 0.1) is 0 Å². The van der Waals surface area contributed by atoms with Gasteiger partial charge < -0.3 is 20.9 Å². The molecule has 2 rings (SSSR count). The highest BCUT2D eigenvalue weighted by atomic mass is 16.4. The van der Waals surface area contributed by atoms with E-state index in [1.165, 1.54) is 0 Å². The van der Waals surface area contributed by atoms with E-state index in [1.807, 2.05) is 6.07 Å². The molecule has 7 nitrogen and oxygen atoms in total. The normalized spacial score (nSPS) is 18.1. The molecule has 1 aliphatic rings. The van der Waals surface area contributed by atoms with Crippen molar-refractivity contribution in [2.45, 2.75) is 6.42 Å². The molecule has 0 amide bonds. The SMILES string of the molecule is N/C(=N/O)c1ccnc(N2CCCN(CCO)CC2)c1. The summed E-state index contributed by atoms with van der Waals surface area (Å²) < 4.78 is 0. The van der Waals surface area contributed by atoms with Gasteiger partial charge in [0.2, 0.25) is 0 Å². The quantitative estimate of drug-likeness (QED) is 0.302. The number of β-amino-alcohol motifs (C(OH)–C–C–N with tert-alkyl or cyclic N) is 1. The molecule has 0 saturated carbocycles. The van der Waals surface area contributed by atoms with Gasteiger partial charge in [0.1, 0.15) is 5.82 Å². The number of pyridine rings is 1. The molecule has 0 aromatic carbocycles. The first-order valence-corrected chi connectivity index (χ1v) is 6.76. The summed E-state index contributed by atoms with van der Waals surface area (Å²) in [5.74, 6) is 0.922.